The lowest BCUT2D eigenvalue weighted by Crippen LogP contribution is -2.52. The molecule has 0 aliphatic rings. The Balaban J connectivity index is 2.83. The number of ether oxygens (including phenoxy) is 3. The quantitative estimate of drug-likeness (QED) is 0.316. The van der Waals surface area contributed by atoms with Gasteiger partial charge in [0, 0.05) is 6.42 Å². The number of hydrogen-bond acceptors (Lipinski definition) is 7. The van der Waals surface area contributed by atoms with E-state index >= 15 is 0 Å². The Morgan fingerprint density at radius 3 is 2.61 bits per heavy atom. The molecule has 154 valence electrons. The van der Waals surface area contributed by atoms with Gasteiger partial charge in [-0.25, -0.2) is 9.59 Å². The van der Waals surface area contributed by atoms with Gasteiger partial charge >= 0.3 is 18.0 Å². The van der Waals surface area contributed by atoms with Gasteiger partial charge in [-0.05, 0) is 11.5 Å². The molecule has 0 radical (unpaired) electrons. The van der Waals surface area contributed by atoms with Crippen LogP contribution in [0.4, 0.5) is 4.79 Å². The van der Waals surface area contributed by atoms with E-state index in [0.717, 1.165) is 5.56 Å². The van der Waals surface area contributed by atoms with Gasteiger partial charge in [-0.1, -0.05) is 50.3 Å². The lowest BCUT2D eigenvalue weighted by Gasteiger charge is -2.24. The minimum atomic E-state index is -1.42. The molecular formula is C20H27NO7. The molecule has 0 bridgehead atoms. The molecule has 0 saturated heterocycles. The highest BCUT2D eigenvalue weighted by atomic mass is 16.6. The van der Waals surface area contributed by atoms with Crippen LogP contribution in [0, 0.1) is 5.92 Å². The molecule has 1 aromatic carbocycles. The number of hydrogen-bond donors (Lipinski definition) is 2. The fraction of sp³-hybridized carbons (Fsp3) is 0.450. The maximum absolute atomic E-state index is 12.5. The van der Waals surface area contributed by atoms with E-state index in [9.17, 15) is 14.4 Å². The second-order valence-electron chi connectivity index (χ2n) is 6.40. The van der Waals surface area contributed by atoms with E-state index < -0.39 is 30.2 Å². The van der Waals surface area contributed by atoms with Gasteiger partial charge < -0.3 is 24.6 Å². The molecular weight excluding hydrogens is 366 g/mol. The van der Waals surface area contributed by atoms with E-state index in [1.165, 1.54) is 6.08 Å². The van der Waals surface area contributed by atoms with Gasteiger partial charge in [0.25, 0.3) is 0 Å². The van der Waals surface area contributed by atoms with Crippen molar-refractivity contribution in [3.8, 4) is 0 Å². The summed E-state index contributed by atoms with van der Waals surface area (Å²) in [6.07, 6.45) is -0.542. The Labute approximate surface area is 166 Å². The highest BCUT2D eigenvalue weighted by Crippen LogP contribution is 2.08. The monoisotopic (exact) mass is 395 g/mol. The largest absolute Gasteiger partial charge is 0.445 e. The van der Waals surface area contributed by atoms with Crippen LogP contribution in [0.25, 0.3) is 0 Å². The molecule has 2 N–H and O–H groups in total. The van der Waals surface area contributed by atoms with Crippen LogP contribution in [-0.4, -0.2) is 49.9 Å². The first-order chi connectivity index (χ1) is 13.9. The van der Waals surface area contributed by atoms with Crippen molar-refractivity contribution in [2.75, 3.05) is 13.2 Å². The maximum atomic E-state index is 12.5. The number of amides is 1. The van der Waals surface area contributed by atoms with Crippen LogP contribution in [0.5, 0.6) is 0 Å². The Bertz CT molecular complexity index is 666. The Morgan fingerprint density at radius 2 is 2.00 bits per heavy atom. The predicted molar refractivity (Wildman–Crippen MR) is 101 cm³/mol. The van der Waals surface area contributed by atoms with Gasteiger partial charge in [-0.3, -0.25) is 4.79 Å². The topological polar surface area (TPSA) is 111 Å². The van der Waals surface area contributed by atoms with Gasteiger partial charge in [0.1, 0.15) is 12.7 Å². The molecule has 28 heavy (non-hydrogen) atoms. The van der Waals surface area contributed by atoms with Crippen molar-refractivity contribution in [1.82, 2.24) is 5.32 Å². The second kappa shape index (κ2) is 12.6. The van der Waals surface area contributed by atoms with Crippen LogP contribution in [0.3, 0.4) is 0 Å². The van der Waals surface area contributed by atoms with Crippen molar-refractivity contribution in [3.05, 3.63) is 48.6 Å². The molecule has 0 aromatic heterocycles. The fourth-order valence-corrected chi connectivity index (χ4v) is 2.18. The number of nitrogens with one attached hydrogen (secondary N) is 1. The number of alkyl carbamates (subject to hydrolysis) is 1. The van der Waals surface area contributed by atoms with E-state index in [1.807, 2.05) is 6.07 Å². The number of esters is 2. The minimum absolute atomic E-state index is 0.0121. The van der Waals surface area contributed by atoms with Crippen LogP contribution in [-0.2, 0) is 30.4 Å². The van der Waals surface area contributed by atoms with Gasteiger partial charge in [0.2, 0.25) is 1.43 Å². The van der Waals surface area contributed by atoms with Crippen molar-refractivity contribution in [1.29, 1.82) is 1.43 Å². The van der Waals surface area contributed by atoms with Gasteiger partial charge in [0.15, 0.2) is 6.04 Å². The van der Waals surface area contributed by atoms with Crippen molar-refractivity contribution >= 4 is 18.0 Å². The SMILES string of the molecule is [3H]OCC(OCC=C)[C@H](NC(=O)OCc1ccccc1)C(=O)OC(=O)CC(C)C. The first-order valence-electron chi connectivity index (χ1n) is 9.30. The number of aliphatic hydroxyl groups is 1. The average molecular weight is 395 g/mol. The van der Waals surface area contributed by atoms with E-state index in [2.05, 4.69) is 17.0 Å². The number of carbonyl (C=O) groups is 3. The van der Waals surface area contributed by atoms with Gasteiger partial charge in [-0.15, -0.1) is 6.58 Å². The lowest BCUT2D eigenvalue weighted by molar-refractivity contribution is -0.164. The molecule has 0 aliphatic heterocycles. The molecule has 1 unspecified atom stereocenters. The molecule has 2 atom stereocenters. The lowest BCUT2D eigenvalue weighted by atomic mass is 10.1. The summed E-state index contributed by atoms with van der Waals surface area (Å²) in [5.74, 6) is -1.77. The third kappa shape index (κ3) is 8.79. The zero-order chi connectivity index (χ0) is 21.6. The fourth-order valence-electron chi connectivity index (χ4n) is 2.18. The molecule has 0 spiro atoms. The number of benzene rings is 1. The first-order valence-corrected chi connectivity index (χ1v) is 8.89. The normalized spacial score (nSPS) is 13.2. The highest BCUT2D eigenvalue weighted by Gasteiger charge is 2.33. The molecule has 1 amide bonds. The molecule has 8 nitrogen and oxygen atoms in total. The summed E-state index contributed by atoms with van der Waals surface area (Å²) in [7, 11) is 0. The van der Waals surface area contributed by atoms with E-state index in [0.29, 0.717) is 0 Å². The van der Waals surface area contributed by atoms with Gasteiger partial charge in [0.05, 0.1) is 13.2 Å². The van der Waals surface area contributed by atoms with Crippen LogP contribution < -0.4 is 5.32 Å². The molecule has 1 aromatic rings. The Morgan fingerprint density at radius 1 is 1.29 bits per heavy atom. The Kier molecular flexibility index (Phi) is 9.74. The minimum Gasteiger partial charge on any atom is -0.445 e. The second-order valence-corrected chi connectivity index (χ2v) is 6.40. The van der Waals surface area contributed by atoms with Crippen LogP contribution in [0.2, 0.25) is 0 Å². The smallest absolute Gasteiger partial charge is 0.408 e. The summed E-state index contributed by atoms with van der Waals surface area (Å²) >= 11 is 0. The summed E-state index contributed by atoms with van der Waals surface area (Å²) in [5.41, 5.74) is 0.753. The summed E-state index contributed by atoms with van der Waals surface area (Å²) < 4.78 is 22.3. The molecule has 0 fully saturated rings. The first kappa shape index (κ1) is 21.6. The number of aliphatic hydroxyl groups excluding tert-OH is 1. The standard InChI is InChI=1S/C20H27NO7/c1-4-10-26-16(12-22)18(19(24)28-17(23)11-14(2)3)21-20(25)27-13-15-8-6-5-7-9-15/h4-9,14,16,18,22H,1,10-13H2,2-3H3,(H,21,25)/t16?,18-/m0/s1/i22T. The number of rotatable bonds is 12. The average Bonchev–Trinajstić information content (AvgIpc) is 2.68. The molecule has 8 heteroatoms. The van der Waals surface area contributed by atoms with Crippen molar-refractivity contribution < 1.29 is 33.7 Å². The third-order valence-electron chi connectivity index (χ3n) is 3.49. The summed E-state index contributed by atoms with van der Waals surface area (Å²) in [6.45, 7) is 6.75. The maximum Gasteiger partial charge on any atom is 0.408 e. The summed E-state index contributed by atoms with van der Waals surface area (Å²) in [4.78, 5) is 36.5. The van der Waals surface area contributed by atoms with E-state index in [4.69, 9.17) is 15.6 Å². The molecule has 0 heterocycles. The van der Waals surface area contributed by atoms with Gasteiger partial charge in [-0.2, -0.15) is 0 Å². The van der Waals surface area contributed by atoms with Crippen molar-refractivity contribution in [2.45, 2.75) is 39.0 Å². The zero-order valence-corrected chi connectivity index (χ0v) is 16.1. The van der Waals surface area contributed by atoms with E-state index in [-0.39, 0.29) is 32.2 Å². The summed E-state index contributed by atoms with van der Waals surface area (Å²) in [5, 5.41) is 6.65. The van der Waals surface area contributed by atoms with Crippen molar-refractivity contribution in [3.63, 3.8) is 0 Å². The third-order valence-corrected chi connectivity index (χ3v) is 3.49. The van der Waals surface area contributed by atoms with Crippen LogP contribution in [0.1, 0.15) is 25.8 Å². The zero-order valence-electron chi connectivity index (χ0n) is 17.1. The van der Waals surface area contributed by atoms with Crippen LogP contribution in [0.15, 0.2) is 43.0 Å². The van der Waals surface area contributed by atoms with E-state index in [1.54, 1.807) is 38.1 Å². The van der Waals surface area contributed by atoms with Crippen LogP contribution >= 0.6 is 0 Å². The highest BCUT2D eigenvalue weighted by molar-refractivity contribution is 5.90. The molecule has 1 rings (SSSR count). The molecule has 0 saturated carbocycles. The summed E-state index contributed by atoms with van der Waals surface area (Å²) in [6, 6.07) is 7.54. The molecule has 0 aliphatic carbocycles. The predicted octanol–water partition coefficient (Wildman–Crippen LogP) is 1.96. The van der Waals surface area contributed by atoms with Crippen molar-refractivity contribution in [2.24, 2.45) is 5.92 Å². The number of carbonyl (C=O) groups excluding carboxylic acids is 3. The Hall–Kier alpha value is -2.71.